The third-order valence-corrected chi connectivity index (χ3v) is 6.39. The van der Waals surface area contributed by atoms with Crippen LogP contribution in [0.3, 0.4) is 0 Å². The van der Waals surface area contributed by atoms with Gasteiger partial charge in [0, 0.05) is 11.0 Å². The number of thiazole rings is 1. The standard InChI is InChI=1S/C22H20N2O3S2/c1-3-28-19-9-5-4-8-17(19)21(25)24(14-16-7-6-12-27-16)22-23-18-13-15(26-2)10-11-20(18)29-22/h4-13H,3,14H2,1-2H3. The summed E-state index contributed by atoms with van der Waals surface area (Å²) in [5.41, 5.74) is 1.47. The van der Waals surface area contributed by atoms with Gasteiger partial charge in [-0.1, -0.05) is 30.4 Å². The van der Waals surface area contributed by atoms with E-state index >= 15 is 0 Å². The summed E-state index contributed by atoms with van der Waals surface area (Å²) in [6, 6.07) is 17.1. The fourth-order valence-corrected chi connectivity index (χ4v) is 4.73. The van der Waals surface area contributed by atoms with Crippen molar-refractivity contribution in [2.24, 2.45) is 0 Å². The lowest BCUT2D eigenvalue weighted by Gasteiger charge is -2.20. The summed E-state index contributed by atoms with van der Waals surface area (Å²) in [5.74, 6) is 2.24. The van der Waals surface area contributed by atoms with Gasteiger partial charge in [-0.25, -0.2) is 4.98 Å². The highest BCUT2D eigenvalue weighted by molar-refractivity contribution is 7.99. The zero-order valence-corrected chi connectivity index (χ0v) is 17.8. The molecule has 4 aromatic rings. The van der Waals surface area contributed by atoms with Crippen molar-refractivity contribution in [2.75, 3.05) is 17.8 Å². The fourth-order valence-electron chi connectivity index (χ4n) is 2.99. The lowest BCUT2D eigenvalue weighted by atomic mass is 10.2. The highest BCUT2D eigenvalue weighted by Crippen LogP contribution is 2.34. The molecule has 0 saturated heterocycles. The van der Waals surface area contributed by atoms with Crippen LogP contribution in [0.4, 0.5) is 5.13 Å². The lowest BCUT2D eigenvalue weighted by Crippen LogP contribution is -2.30. The van der Waals surface area contributed by atoms with Crippen LogP contribution >= 0.6 is 23.1 Å². The average Bonchev–Trinajstić information content (AvgIpc) is 3.41. The topological polar surface area (TPSA) is 55.6 Å². The number of aromatic nitrogens is 1. The summed E-state index contributed by atoms with van der Waals surface area (Å²) in [6.45, 7) is 2.39. The van der Waals surface area contributed by atoms with E-state index in [-0.39, 0.29) is 5.91 Å². The summed E-state index contributed by atoms with van der Waals surface area (Å²) in [6.07, 6.45) is 1.61. The van der Waals surface area contributed by atoms with E-state index in [9.17, 15) is 4.79 Å². The SMILES string of the molecule is CCSc1ccccc1C(=O)N(Cc1ccco1)c1nc2cc(OC)ccc2s1. The Balaban J connectivity index is 1.77. The third kappa shape index (κ3) is 4.16. The highest BCUT2D eigenvalue weighted by atomic mass is 32.2. The predicted octanol–water partition coefficient (Wildman–Crippen LogP) is 5.86. The van der Waals surface area contributed by atoms with E-state index < -0.39 is 0 Å². The first kappa shape index (κ1) is 19.5. The quantitative estimate of drug-likeness (QED) is 0.348. The second-order valence-electron chi connectivity index (χ2n) is 6.23. The van der Waals surface area contributed by atoms with Crippen LogP contribution in [0.25, 0.3) is 10.2 Å². The molecule has 0 unspecified atom stereocenters. The lowest BCUT2D eigenvalue weighted by molar-refractivity contribution is 0.0980. The van der Waals surface area contributed by atoms with Gasteiger partial charge in [0.1, 0.15) is 11.5 Å². The number of anilines is 1. The maximum Gasteiger partial charge on any atom is 0.261 e. The summed E-state index contributed by atoms with van der Waals surface area (Å²) >= 11 is 3.13. The molecule has 29 heavy (non-hydrogen) atoms. The van der Waals surface area contributed by atoms with E-state index in [1.54, 1.807) is 30.0 Å². The maximum atomic E-state index is 13.6. The van der Waals surface area contributed by atoms with Gasteiger partial charge in [0.2, 0.25) is 0 Å². The maximum absolute atomic E-state index is 13.6. The molecule has 0 radical (unpaired) electrons. The van der Waals surface area contributed by atoms with Gasteiger partial charge in [-0.2, -0.15) is 0 Å². The molecule has 2 aromatic heterocycles. The minimum Gasteiger partial charge on any atom is -0.497 e. The second kappa shape index (κ2) is 8.71. The van der Waals surface area contributed by atoms with Gasteiger partial charge in [0.15, 0.2) is 5.13 Å². The second-order valence-corrected chi connectivity index (χ2v) is 8.54. The number of fused-ring (bicyclic) bond motifs is 1. The third-order valence-electron chi connectivity index (χ3n) is 4.37. The Labute approximate surface area is 177 Å². The molecule has 0 saturated carbocycles. The minimum atomic E-state index is -0.0935. The molecular formula is C22H20N2O3S2. The first-order valence-corrected chi connectivity index (χ1v) is 11.0. The number of hydrogen-bond acceptors (Lipinski definition) is 6. The molecule has 2 heterocycles. The molecule has 0 aliphatic carbocycles. The van der Waals surface area contributed by atoms with Crippen LogP contribution in [0.1, 0.15) is 23.0 Å². The molecular weight excluding hydrogens is 404 g/mol. The van der Waals surface area contributed by atoms with Crippen molar-refractivity contribution in [1.82, 2.24) is 4.98 Å². The van der Waals surface area contributed by atoms with Gasteiger partial charge in [0.25, 0.3) is 5.91 Å². The summed E-state index contributed by atoms with van der Waals surface area (Å²) in [4.78, 5) is 21.0. The number of carbonyl (C=O) groups excluding carboxylic acids is 1. The Bertz CT molecular complexity index is 1120. The predicted molar refractivity (Wildman–Crippen MR) is 118 cm³/mol. The highest BCUT2D eigenvalue weighted by Gasteiger charge is 2.24. The smallest absolute Gasteiger partial charge is 0.261 e. The molecule has 0 aliphatic rings. The van der Waals surface area contributed by atoms with E-state index in [1.807, 2.05) is 54.6 Å². The van der Waals surface area contributed by atoms with Crippen LogP contribution < -0.4 is 9.64 Å². The monoisotopic (exact) mass is 424 g/mol. The number of rotatable bonds is 7. The number of ether oxygens (including phenoxy) is 1. The van der Waals surface area contributed by atoms with Gasteiger partial charge in [-0.05, 0) is 42.2 Å². The number of methoxy groups -OCH3 is 1. The summed E-state index contributed by atoms with van der Waals surface area (Å²) < 4.78 is 11.8. The Morgan fingerprint density at radius 1 is 1.21 bits per heavy atom. The first-order valence-electron chi connectivity index (χ1n) is 9.20. The van der Waals surface area contributed by atoms with Crippen LogP contribution in [0.5, 0.6) is 5.75 Å². The van der Waals surface area contributed by atoms with Gasteiger partial charge >= 0.3 is 0 Å². The van der Waals surface area contributed by atoms with Crippen LogP contribution in [-0.2, 0) is 6.54 Å². The van der Waals surface area contributed by atoms with Gasteiger partial charge in [0.05, 0.1) is 35.7 Å². The Hall–Kier alpha value is -2.77. The van der Waals surface area contributed by atoms with Crippen LogP contribution in [0.2, 0.25) is 0 Å². The zero-order chi connectivity index (χ0) is 20.2. The molecule has 0 bridgehead atoms. The molecule has 0 fully saturated rings. The van der Waals surface area contributed by atoms with E-state index in [1.165, 1.54) is 11.3 Å². The molecule has 1 amide bonds. The molecule has 2 aromatic carbocycles. The molecule has 148 valence electrons. The Morgan fingerprint density at radius 2 is 2.07 bits per heavy atom. The molecule has 7 heteroatoms. The molecule has 5 nitrogen and oxygen atoms in total. The van der Waals surface area contributed by atoms with E-state index in [2.05, 4.69) is 6.92 Å². The van der Waals surface area contributed by atoms with E-state index in [4.69, 9.17) is 14.1 Å². The van der Waals surface area contributed by atoms with Crippen molar-refractivity contribution in [2.45, 2.75) is 18.4 Å². The summed E-state index contributed by atoms with van der Waals surface area (Å²) in [5, 5.41) is 0.631. The van der Waals surface area contributed by atoms with E-state index in [0.717, 1.165) is 26.6 Å². The number of nitrogens with zero attached hydrogens (tertiary/aromatic N) is 2. The Morgan fingerprint density at radius 3 is 2.83 bits per heavy atom. The minimum absolute atomic E-state index is 0.0935. The molecule has 0 N–H and O–H groups in total. The number of thioether (sulfide) groups is 1. The molecule has 0 aliphatic heterocycles. The molecule has 4 rings (SSSR count). The normalized spacial score (nSPS) is 11.0. The van der Waals surface area contributed by atoms with Crippen molar-refractivity contribution < 1.29 is 13.9 Å². The number of carbonyl (C=O) groups is 1. The van der Waals surface area contributed by atoms with Gasteiger partial charge in [-0.3, -0.25) is 9.69 Å². The fraction of sp³-hybridized carbons (Fsp3) is 0.182. The first-order chi connectivity index (χ1) is 14.2. The van der Waals surface area contributed by atoms with Crippen molar-refractivity contribution in [3.8, 4) is 5.75 Å². The molecule has 0 spiro atoms. The average molecular weight is 425 g/mol. The van der Waals surface area contributed by atoms with Crippen LogP contribution in [-0.4, -0.2) is 23.8 Å². The number of furan rings is 1. The van der Waals surface area contributed by atoms with Crippen LogP contribution in [0.15, 0.2) is 70.2 Å². The largest absolute Gasteiger partial charge is 0.497 e. The molecule has 0 atom stereocenters. The van der Waals surface area contributed by atoms with Crippen molar-refractivity contribution in [3.63, 3.8) is 0 Å². The van der Waals surface area contributed by atoms with Gasteiger partial charge < -0.3 is 9.15 Å². The van der Waals surface area contributed by atoms with Crippen molar-refractivity contribution >= 4 is 44.4 Å². The van der Waals surface area contributed by atoms with E-state index in [0.29, 0.717) is 23.0 Å². The number of amides is 1. The van der Waals surface area contributed by atoms with Crippen molar-refractivity contribution in [1.29, 1.82) is 0 Å². The van der Waals surface area contributed by atoms with Crippen molar-refractivity contribution in [3.05, 3.63) is 72.2 Å². The van der Waals surface area contributed by atoms with Crippen LogP contribution in [0, 0.1) is 0 Å². The summed E-state index contributed by atoms with van der Waals surface area (Å²) in [7, 11) is 1.63. The Kier molecular flexibility index (Phi) is 5.87. The van der Waals surface area contributed by atoms with Gasteiger partial charge in [-0.15, -0.1) is 11.8 Å². The number of benzene rings is 2. The number of hydrogen-bond donors (Lipinski definition) is 0. The zero-order valence-electron chi connectivity index (χ0n) is 16.1.